The summed E-state index contributed by atoms with van der Waals surface area (Å²) in [5.74, 6) is 1.13. The Kier molecular flexibility index (Phi) is 4.32. The Bertz CT molecular complexity index is 656. The predicted octanol–water partition coefficient (Wildman–Crippen LogP) is 3.42. The highest BCUT2D eigenvalue weighted by Crippen LogP contribution is 2.42. The van der Waals surface area contributed by atoms with E-state index < -0.39 is 0 Å². The minimum Gasteiger partial charge on any atom is -0.496 e. The van der Waals surface area contributed by atoms with E-state index in [0.29, 0.717) is 6.42 Å². The molecule has 0 heterocycles. The number of amides is 1. The van der Waals surface area contributed by atoms with Gasteiger partial charge in [-0.15, -0.1) is 0 Å². The molecule has 0 spiro atoms. The fraction of sp³-hybridized carbons (Fsp3) is 0.421. The summed E-state index contributed by atoms with van der Waals surface area (Å²) in [6.45, 7) is 2.62. The second-order valence-corrected chi connectivity index (χ2v) is 5.86. The number of hydrogen-bond donors (Lipinski definition) is 1. The average Bonchev–Trinajstić information content (AvgIpc) is 2.57. The zero-order valence-electron chi connectivity index (χ0n) is 13.4. The van der Waals surface area contributed by atoms with Gasteiger partial charge in [-0.05, 0) is 48.4 Å². The molecule has 0 saturated heterocycles. The Morgan fingerprint density at radius 1 is 1.32 bits per heavy atom. The number of ether oxygens (including phenoxy) is 1. The summed E-state index contributed by atoms with van der Waals surface area (Å²) < 4.78 is 5.54. The van der Waals surface area contributed by atoms with Crippen LogP contribution in [-0.4, -0.2) is 19.6 Å². The number of methoxy groups -OCH3 is 1. The molecule has 0 fully saturated rings. The van der Waals surface area contributed by atoms with Gasteiger partial charge in [-0.3, -0.25) is 4.79 Å². The van der Waals surface area contributed by atoms with Gasteiger partial charge in [0.15, 0.2) is 0 Å². The molecule has 0 atom stereocenters. The maximum Gasteiger partial charge on any atom is 0.219 e. The molecule has 2 aliphatic rings. The van der Waals surface area contributed by atoms with Crippen LogP contribution >= 0.6 is 0 Å². The van der Waals surface area contributed by atoms with Crippen LogP contribution in [0.3, 0.4) is 0 Å². The summed E-state index contributed by atoms with van der Waals surface area (Å²) in [6.07, 6.45) is 9.05. The Morgan fingerprint density at radius 3 is 2.95 bits per heavy atom. The van der Waals surface area contributed by atoms with E-state index in [-0.39, 0.29) is 5.91 Å². The fourth-order valence-corrected chi connectivity index (χ4v) is 3.45. The summed E-state index contributed by atoms with van der Waals surface area (Å²) in [4.78, 5) is 11.4. The van der Waals surface area contributed by atoms with E-state index in [9.17, 15) is 4.79 Å². The number of allylic oxidation sites excluding steroid dienone is 3. The van der Waals surface area contributed by atoms with E-state index >= 15 is 0 Å². The molecule has 1 N–H and O–H groups in total. The third-order valence-electron chi connectivity index (χ3n) is 4.60. The first-order chi connectivity index (χ1) is 10.7. The Hall–Kier alpha value is -2.03. The van der Waals surface area contributed by atoms with Gasteiger partial charge in [0.25, 0.3) is 0 Å². The van der Waals surface area contributed by atoms with Crippen molar-refractivity contribution in [3.63, 3.8) is 0 Å². The topological polar surface area (TPSA) is 38.3 Å². The molecule has 1 amide bonds. The molecule has 0 aliphatic heterocycles. The lowest BCUT2D eigenvalue weighted by Gasteiger charge is -2.28. The van der Waals surface area contributed by atoms with Crippen molar-refractivity contribution in [1.29, 1.82) is 0 Å². The molecule has 0 saturated carbocycles. The number of carbonyl (C=O) groups excluding carboxylic acids is 1. The molecular weight excluding hydrogens is 274 g/mol. The monoisotopic (exact) mass is 297 g/mol. The molecule has 0 radical (unpaired) electrons. The fourth-order valence-electron chi connectivity index (χ4n) is 3.45. The molecule has 3 rings (SSSR count). The normalized spacial score (nSPS) is 15.5. The molecule has 0 aromatic heterocycles. The number of nitrogens with one attached hydrogen (secondary N) is 1. The van der Waals surface area contributed by atoms with Gasteiger partial charge in [0.05, 0.1) is 7.11 Å². The van der Waals surface area contributed by atoms with Crippen molar-refractivity contribution in [2.45, 2.75) is 39.0 Å². The SMILES string of the molecule is CCC(=O)NCCC1=C2C=CCc3ccc(OC)c(c32)CC1. The summed E-state index contributed by atoms with van der Waals surface area (Å²) in [6, 6.07) is 4.28. The largest absolute Gasteiger partial charge is 0.496 e. The molecule has 22 heavy (non-hydrogen) atoms. The van der Waals surface area contributed by atoms with Crippen LogP contribution in [0.1, 0.15) is 42.9 Å². The van der Waals surface area contributed by atoms with Gasteiger partial charge in [-0.2, -0.15) is 0 Å². The quantitative estimate of drug-likeness (QED) is 0.904. The van der Waals surface area contributed by atoms with Gasteiger partial charge < -0.3 is 10.1 Å². The van der Waals surface area contributed by atoms with E-state index in [0.717, 1.165) is 38.0 Å². The highest BCUT2D eigenvalue weighted by atomic mass is 16.5. The minimum atomic E-state index is 0.128. The van der Waals surface area contributed by atoms with Crippen molar-refractivity contribution in [2.75, 3.05) is 13.7 Å². The lowest BCUT2D eigenvalue weighted by molar-refractivity contribution is -0.120. The first kappa shape index (κ1) is 14.9. The maximum absolute atomic E-state index is 11.4. The van der Waals surface area contributed by atoms with Crippen LogP contribution in [0.2, 0.25) is 0 Å². The zero-order valence-corrected chi connectivity index (χ0v) is 13.4. The standard InChI is InChI=1S/C19H23NO2/c1-3-18(21)20-12-11-13-7-9-16-17(22-2)10-8-14-5-4-6-15(13)19(14)16/h4,6,8,10H,3,5,7,9,11-12H2,1-2H3,(H,20,21). The summed E-state index contributed by atoms with van der Waals surface area (Å²) in [7, 11) is 1.75. The summed E-state index contributed by atoms with van der Waals surface area (Å²) >= 11 is 0. The zero-order chi connectivity index (χ0) is 15.5. The molecule has 1 aromatic rings. The number of carbonyl (C=O) groups is 1. The van der Waals surface area contributed by atoms with Gasteiger partial charge in [0.2, 0.25) is 5.91 Å². The van der Waals surface area contributed by atoms with Crippen LogP contribution < -0.4 is 10.1 Å². The lowest BCUT2D eigenvalue weighted by Crippen LogP contribution is -2.24. The van der Waals surface area contributed by atoms with Gasteiger partial charge in [-0.1, -0.05) is 30.7 Å². The highest BCUT2D eigenvalue weighted by Gasteiger charge is 2.24. The highest BCUT2D eigenvalue weighted by molar-refractivity contribution is 5.85. The van der Waals surface area contributed by atoms with E-state index in [1.54, 1.807) is 7.11 Å². The van der Waals surface area contributed by atoms with Crippen LogP contribution in [0.5, 0.6) is 5.75 Å². The molecule has 3 heteroatoms. The smallest absolute Gasteiger partial charge is 0.219 e. The molecule has 2 aliphatic carbocycles. The van der Waals surface area contributed by atoms with Crippen LogP contribution in [-0.2, 0) is 17.6 Å². The van der Waals surface area contributed by atoms with Crippen LogP contribution in [0.4, 0.5) is 0 Å². The Morgan fingerprint density at radius 2 is 2.18 bits per heavy atom. The first-order valence-electron chi connectivity index (χ1n) is 8.09. The molecule has 116 valence electrons. The van der Waals surface area contributed by atoms with Crippen LogP contribution in [0.15, 0.2) is 29.9 Å². The van der Waals surface area contributed by atoms with Gasteiger partial charge >= 0.3 is 0 Å². The predicted molar refractivity (Wildman–Crippen MR) is 89.0 cm³/mol. The second kappa shape index (κ2) is 6.39. The molecule has 0 unspecified atom stereocenters. The van der Waals surface area contributed by atoms with Gasteiger partial charge in [0.1, 0.15) is 5.75 Å². The third-order valence-corrected chi connectivity index (χ3v) is 4.60. The minimum absolute atomic E-state index is 0.128. The summed E-state index contributed by atoms with van der Waals surface area (Å²) in [5, 5.41) is 2.98. The van der Waals surface area contributed by atoms with Crippen LogP contribution in [0.25, 0.3) is 5.57 Å². The van der Waals surface area contributed by atoms with Crippen molar-refractivity contribution in [3.8, 4) is 5.75 Å². The Balaban J connectivity index is 1.90. The van der Waals surface area contributed by atoms with Crippen molar-refractivity contribution < 1.29 is 9.53 Å². The second-order valence-electron chi connectivity index (χ2n) is 5.86. The number of hydrogen-bond acceptors (Lipinski definition) is 2. The van der Waals surface area contributed by atoms with Crippen molar-refractivity contribution >= 4 is 11.5 Å². The van der Waals surface area contributed by atoms with E-state index in [1.165, 1.54) is 27.8 Å². The van der Waals surface area contributed by atoms with E-state index in [2.05, 4.69) is 29.6 Å². The lowest BCUT2D eigenvalue weighted by atomic mass is 9.78. The molecule has 3 nitrogen and oxygen atoms in total. The van der Waals surface area contributed by atoms with Gasteiger partial charge in [0, 0.05) is 18.5 Å². The van der Waals surface area contributed by atoms with Crippen molar-refractivity contribution in [2.24, 2.45) is 0 Å². The molecule has 0 bridgehead atoms. The first-order valence-corrected chi connectivity index (χ1v) is 8.09. The summed E-state index contributed by atoms with van der Waals surface area (Å²) in [5.41, 5.74) is 6.93. The van der Waals surface area contributed by atoms with E-state index in [4.69, 9.17) is 4.74 Å². The van der Waals surface area contributed by atoms with Gasteiger partial charge in [-0.25, -0.2) is 0 Å². The van der Waals surface area contributed by atoms with E-state index in [1.807, 2.05) is 6.92 Å². The molecule has 1 aromatic carbocycles. The maximum atomic E-state index is 11.4. The van der Waals surface area contributed by atoms with Crippen molar-refractivity contribution in [1.82, 2.24) is 5.32 Å². The number of rotatable bonds is 5. The third kappa shape index (κ3) is 2.68. The average molecular weight is 297 g/mol. The number of benzene rings is 1. The van der Waals surface area contributed by atoms with Crippen molar-refractivity contribution in [3.05, 3.63) is 46.5 Å². The van der Waals surface area contributed by atoms with Crippen LogP contribution in [0, 0.1) is 0 Å². The molecular formula is C19H23NO2. The Labute approximate surface area is 132 Å².